The normalized spacial score (nSPS) is 14.2. The van der Waals surface area contributed by atoms with Crippen LogP contribution in [0.25, 0.3) is 0 Å². The number of aliphatic hydroxyl groups is 1. The lowest BCUT2D eigenvalue weighted by Crippen LogP contribution is -2.30. The summed E-state index contributed by atoms with van der Waals surface area (Å²) < 4.78 is 68.3. The zero-order valence-electron chi connectivity index (χ0n) is 58.7. The first-order valence-electron chi connectivity index (χ1n) is 37.2. The van der Waals surface area contributed by atoms with Gasteiger partial charge in [-0.05, 0) is 77.0 Å². The minimum absolute atomic E-state index is 0.0916. The molecule has 92 heavy (non-hydrogen) atoms. The topological polar surface area (TPSA) is 237 Å². The highest BCUT2D eigenvalue weighted by atomic mass is 31.2. The van der Waals surface area contributed by atoms with Gasteiger partial charge in [-0.3, -0.25) is 37.3 Å². The molecule has 0 aromatic carbocycles. The number of allylic oxidation sites excluding steroid dienone is 6. The van der Waals surface area contributed by atoms with Crippen LogP contribution in [0.3, 0.4) is 0 Å². The third kappa shape index (κ3) is 65.9. The first-order chi connectivity index (χ1) is 44.7. The van der Waals surface area contributed by atoms with Crippen molar-refractivity contribution in [3.05, 3.63) is 36.5 Å². The van der Waals surface area contributed by atoms with Gasteiger partial charge in [0, 0.05) is 25.7 Å². The number of carbonyl (C=O) groups is 4. The first-order valence-corrected chi connectivity index (χ1v) is 40.2. The molecule has 0 amide bonds. The van der Waals surface area contributed by atoms with Crippen molar-refractivity contribution < 1.29 is 80.2 Å². The van der Waals surface area contributed by atoms with Crippen LogP contribution in [-0.4, -0.2) is 96.7 Å². The Morgan fingerprint density at radius 1 is 0.304 bits per heavy atom. The van der Waals surface area contributed by atoms with Gasteiger partial charge in [-0.1, -0.05) is 282 Å². The van der Waals surface area contributed by atoms with E-state index in [4.69, 9.17) is 37.0 Å². The van der Waals surface area contributed by atoms with Crippen molar-refractivity contribution in [1.82, 2.24) is 0 Å². The minimum Gasteiger partial charge on any atom is -0.462 e. The van der Waals surface area contributed by atoms with E-state index in [2.05, 4.69) is 64.2 Å². The van der Waals surface area contributed by atoms with Crippen LogP contribution < -0.4 is 0 Å². The smallest absolute Gasteiger partial charge is 0.462 e. The van der Waals surface area contributed by atoms with Gasteiger partial charge in [0.1, 0.15) is 19.3 Å². The number of esters is 4. The van der Waals surface area contributed by atoms with E-state index < -0.39 is 97.5 Å². The Bertz CT molecular complexity index is 1900. The van der Waals surface area contributed by atoms with Gasteiger partial charge in [0.05, 0.1) is 26.4 Å². The van der Waals surface area contributed by atoms with Gasteiger partial charge in [-0.15, -0.1) is 0 Å². The molecule has 0 radical (unpaired) electrons. The van der Waals surface area contributed by atoms with Crippen LogP contribution in [0.4, 0.5) is 0 Å². The van der Waals surface area contributed by atoms with E-state index in [0.29, 0.717) is 25.7 Å². The molecule has 0 heterocycles. The van der Waals surface area contributed by atoms with Crippen molar-refractivity contribution in [3.63, 3.8) is 0 Å². The van der Waals surface area contributed by atoms with Crippen LogP contribution in [0, 0.1) is 0 Å². The van der Waals surface area contributed by atoms with Crippen LogP contribution in [0.1, 0.15) is 349 Å². The van der Waals surface area contributed by atoms with Crippen LogP contribution in [0.5, 0.6) is 0 Å². The fraction of sp³-hybridized carbons (Fsp3) is 0.863. The number of phosphoric ester groups is 2. The Balaban J connectivity index is 5.26. The molecule has 0 aromatic heterocycles. The molecule has 17 nitrogen and oxygen atoms in total. The van der Waals surface area contributed by atoms with Crippen molar-refractivity contribution in [2.45, 2.75) is 367 Å². The third-order valence-corrected chi connectivity index (χ3v) is 18.0. The molecule has 0 fully saturated rings. The molecule has 0 saturated carbocycles. The number of hydrogen-bond donors (Lipinski definition) is 3. The van der Waals surface area contributed by atoms with Gasteiger partial charge in [-0.2, -0.15) is 0 Å². The van der Waals surface area contributed by atoms with E-state index in [9.17, 15) is 43.2 Å². The van der Waals surface area contributed by atoms with Crippen molar-refractivity contribution in [2.75, 3.05) is 39.6 Å². The number of rotatable bonds is 71. The molecule has 3 N–H and O–H groups in total. The lowest BCUT2D eigenvalue weighted by molar-refractivity contribution is -0.161. The molecule has 0 aliphatic carbocycles. The zero-order valence-corrected chi connectivity index (χ0v) is 60.5. The monoisotopic (exact) mass is 1350 g/mol. The standard InChI is InChI=1S/C73H136O17P2/c1-5-9-13-17-21-25-29-31-33-35-39-41-45-49-53-57-70(75)83-63-68(89-72(77)59-55-51-47-43-37-27-23-19-15-11-7-3)65-87-91(79,80)85-61-67(74)62-86-92(81,82)88-66-69(90-73(78)60-56-52-48-44-38-28-24-20-16-12-8-4)64-84-71(76)58-54-50-46-42-40-36-34-32-30-26-22-18-14-10-6-2/h19,22-23,26,32,34,67-69,74H,5-18,20-21,24-25,27-31,33,35-66H2,1-4H3,(H,79,80)(H,81,82)/b23-19-,26-22-,34-32-. The van der Waals surface area contributed by atoms with Gasteiger partial charge in [-0.25, -0.2) is 9.13 Å². The summed E-state index contributed by atoms with van der Waals surface area (Å²) in [5.74, 6) is -2.16. The molecule has 5 unspecified atom stereocenters. The highest BCUT2D eigenvalue weighted by Crippen LogP contribution is 2.45. The number of hydrogen-bond acceptors (Lipinski definition) is 15. The van der Waals surface area contributed by atoms with E-state index in [1.165, 1.54) is 141 Å². The summed E-state index contributed by atoms with van der Waals surface area (Å²) in [7, 11) is -9.92. The molecule has 0 aliphatic heterocycles. The molecule has 0 bridgehead atoms. The van der Waals surface area contributed by atoms with Crippen molar-refractivity contribution >= 4 is 39.5 Å². The minimum atomic E-state index is -4.96. The number of aliphatic hydroxyl groups excluding tert-OH is 1. The Kier molecular flexibility index (Phi) is 64.9. The molecule has 0 aliphatic rings. The molecule has 0 aromatic rings. The summed E-state index contributed by atoms with van der Waals surface area (Å²) in [6.07, 6.45) is 60.0. The van der Waals surface area contributed by atoms with Gasteiger partial charge < -0.3 is 33.8 Å². The summed E-state index contributed by atoms with van der Waals surface area (Å²) in [5.41, 5.74) is 0. The van der Waals surface area contributed by atoms with E-state index in [0.717, 1.165) is 128 Å². The number of phosphoric acid groups is 2. The second kappa shape index (κ2) is 66.9. The molecule has 19 heteroatoms. The van der Waals surface area contributed by atoms with E-state index in [1.807, 2.05) is 0 Å². The molecule has 0 spiro atoms. The zero-order chi connectivity index (χ0) is 67.5. The van der Waals surface area contributed by atoms with Gasteiger partial charge >= 0.3 is 39.5 Å². The largest absolute Gasteiger partial charge is 0.472 e. The van der Waals surface area contributed by atoms with E-state index >= 15 is 0 Å². The molecule has 0 saturated heterocycles. The van der Waals surface area contributed by atoms with Crippen molar-refractivity contribution in [2.24, 2.45) is 0 Å². The van der Waals surface area contributed by atoms with Gasteiger partial charge in [0.25, 0.3) is 0 Å². The summed E-state index contributed by atoms with van der Waals surface area (Å²) in [5, 5.41) is 10.6. The predicted molar refractivity (Wildman–Crippen MR) is 372 cm³/mol. The summed E-state index contributed by atoms with van der Waals surface area (Å²) in [6, 6.07) is 0. The highest BCUT2D eigenvalue weighted by Gasteiger charge is 2.30. The second-order valence-electron chi connectivity index (χ2n) is 25.2. The SMILES string of the molecule is CCCC/C=C\CCCCCCCC(=O)OC(COC(=O)CCCCCCCCCCCCCCCCC)COP(=O)(O)OCC(O)COP(=O)(O)OCC(COC(=O)CCCCCCC/C=C\C/C=C\CCCCC)OC(=O)CCCCCCCCCCCCC. The Morgan fingerprint density at radius 3 is 0.870 bits per heavy atom. The predicted octanol–water partition coefficient (Wildman–Crippen LogP) is 20.8. The average molecular weight is 1350 g/mol. The summed E-state index contributed by atoms with van der Waals surface area (Å²) in [6.45, 7) is 4.83. The fourth-order valence-corrected chi connectivity index (χ4v) is 11.9. The quantitative estimate of drug-likeness (QED) is 0.0169. The Hall–Kier alpha value is -2.72. The van der Waals surface area contributed by atoms with Gasteiger partial charge in [0.15, 0.2) is 12.2 Å². The van der Waals surface area contributed by atoms with Crippen LogP contribution in [-0.2, 0) is 65.4 Å². The molecule has 0 rings (SSSR count). The summed E-state index contributed by atoms with van der Waals surface area (Å²) >= 11 is 0. The molecule has 5 atom stereocenters. The third-order valence-electron chi connectivity index (χ3n) is 16.1. The second-order valence-corrected chi connectivity index (χ2v) is 28.2. The van der Waals surface area contributed by atoms with Crippen LogP contribution >= 0.6 is 15.6 Å². The first kappa shape index (κ1) is 89.3. The van der Waals surface area contributed by atoms with Crippen LogP contribution in [0.15, 0.2) is 36.5 Å². The Morgan fingerprint density at radius 2 is 0.543 bits per heavy atom. The Labute approximate surface area is 560 Å². The average Bonchev–Trinajstić information content (AvgIpc) is 2.46. The van der Waals surface area contributed by atoms with Crippen molar-refractivity contribution in [1.29, 1.82) is 0 Å². The maximum absolute atomic E-state index is 13.0. The van der Waals surface area contributed by atoms with Crippen LogP contribution in [0.2, 0.25) is 0 Å². The fourth-order valence-electron chi connectivity index (χ4n) is 10.4. The molecular weight excluding hydrogens is 1210 g/mol. The highest BCUT2D eigenvalue weighted by molar-refractivity contribution is 7.47. The summed E-state index contributed by atoms with van der Waals surface area (Å²) in [4.78, 5) is 72.6. The maximum Gasteiger partial charge on any atom is 0.472 e. The van der Waals surface area contributed by atoms with Crippen molar-refractivity contribution in [3.8, 4) is 0 Å². The molecule has 540 valence electrons. The lowest BCUT2D eigenvalue weighted by Gasteiger charge is -2.21. The number of ether oxygens (including phenoxy) is 4. The van der Waals surface area contributed by atoms with E-state index in [-0.39, 0.29) is 25.7 Å². The lowest BCUT2D eigenvalue weighted by atomic mass is 10.0. The van der Waals surface area contributed by atoms with Gasteiger partial charge in [0.2, 0.25) is 0 Å². The van der Waals surface area contributed by atoms with E-state index in [1.54, 1.807) is 0 Å². The number of carbonyl (C=O) groups excluding carboxylic acids is 4. The number of unbranched alkanes of at least 4 members (excludes halogenated alkanes) is 39. The maximum atomic E-state index is 13.0. The molecular formula is C73H136O17P2.